The van der Waals surface area contributed by atoms with E-state index in [1.54, 1.807) is 12.5 Å². The molecule has 0 aliphatic heterocycles. The molecule has 3 N–H and O–H groups in total. The molecule has 1 unspecified atom stereocenters. The van der Waals surface area contributed by atoms with Crippen LogP contribution >= 0.6 is 0 Å². The first-order chi connectivity index (χ1) is 8.25. The zero-order valence-electron chi connectivity index (χ0n) is 9.93. The monoisotopic (exact) mass is 231 g/mol. The Labute approximate surface area is 100 Å². The fourth-order valence-corrected chi connectivity index (χ4v) is 2.10. The van der Waals surface area contributed by atoms with E-state index in [1.165, 1.54) is 12.8 Å². The molecule has 1 aliphatic rings. The molecular formula is C12H17N5. The highest BCUT2D eigenvalue weighted by Gasteiger charge is 2.28. The number of nitrogens with one attached hydrogen (secondary N) is 1. The average molecular weight is 231 g/mol. The lowest BCUT2D eigenvalue weighted by Gasteiger charge is -2.12. The van der Waals surface area contributed by atoms with Gasteiger partial charge in [0.05, 0.1) is 11.8 Å². The Morgan fingerprint density at radius 1 is 1.53 bits per heavy atom. The van der Waals surface area contributed by atoms with Gasteiger partial charge in [-0.3, -0.25) is 0 Å². The fourth-order valence-electron chi connectivity index (χ4n) is 2.10. The molecule has 0 aromatic carbocycles. The fraction of sp³-hybridized carbons (Fsp3) is 0.500. The van der Waals surface area contributed by atoms with Gasteiger partial charge in [-0.15, -0.1) is 0 Å². The summed E-state index contributed by atoms with van der Waals surface area (Å²) in [4.78, 5) is 8.68. The molecule has 1 saturated carbocycles. The minimum Gasteiger partial charge on any atom is -0.367 e. The maximum Gasteiger partial charge on any atom is 0.154 e. The SMILES string of the molecule is Cn1cnc2c(NCC(N)C3CC3)nccc21. The molecule has 0 saturated heterocycles. The molecule has 0 spiro atoms. The molecule has 0 bridgehead atoms. The summed E-state index contributed by atoms with van der Waals surface area (Å²) >= 11 is 0. The van der Waals surface area contributed by atoms with Gasteiger partial charge in [-0.25, -0.2) is 9.97 Å². The van der Waals surface area contributed by atoms with E-state index in [9.17, 15) is 0 Å². The average Bonchev–Trinajstić information content (AvgIpc) is 3.12. The first-order valence-corrected chi connectivity index (χ1v) is 6.01. The maximum absolute atomic E-state index is 6.06. The molecule has 2 aromatic heterocycles. The number of nitrogens with two attached hydrogens (primary N) is 1. The summed E-state index contributed by atoms with van der Waals surface area (Å²) in [5.74, 6) is 1.53. The van der Waals surface area contributed by atoms with Crippen molar-refractivity contribution in [2.24, 2.45) is 18.7 Å². The van der Waals surface area contributed by atoms with Crippen molar-refractivity contribution in [2.45, 2.75) is 18.9 Å². The van der Waals surface area contributed by atoms with E-state index in [4.69, 9.17) is 5.73 Å². The predicted octanol–water partition coefficient (Wildman–Crippen LogP) is 1.12. The van der Waals surface area contributed by atoms with Gasteiger partial charge in [0.1, 0.15) is 5.52 Å². The van der Waals surface area contributed by atoms with Crippen LogP contribution in [0.3, 0.4) is 0 Å². The van der Waals surface area contributed by atoms with Crippen molar-refractivity contribution in [3.63, 3.8) is 0 Å². The Balaban J connectivity index is 1.79. The van der Waals surface area contributed by atoms with E-state index >= 15 is 0 Å². The number of nitrogens with zero attached hydrogens (tertiary/aromatic N) is 3. The largest absolute Gasteiger partial charge is 0.367 e. The molecule has 2 heterocycles. The van der Waals surface area contributed by atoms with Crippen LogP contribution in [-0.4, -0.2) is 27.1 Å². The zero-order chi connectivity index (χ0) is 11.8. The first-order valence-electron chi connectivity index (χ1n) is 6.01. The standard InChI is InChI=1S/C12H17N5/c1-17-7-16-11-10(17)4-5-14-12(11)15-6-9(13)8-2-3-8/h4-5,7-9H,2-3,6,13H2,1H3,(H,14,15). The minimum atomic E-state index is 0.232. The number of anilines is 1. The lowest BCUT2D eigenvalue weighted by Crippen LogP contribution is -2.31. The number of hydrogen-bond acceptors (Lipinski definition) is 4. The molecule has 2 aromatic rings. The van der Waals surface area contributed by atoms with Crippen LogP contribution in [0.2, 0.25) is 0 Å². The summed E-state index contributed by atoms with van der Waals surface area (Å²) in [6.45, 7) is 0.771. The Morgan fingerprint density at radius 3 is 3.12 bits per heavy atom. The number of imidazole rings is 1. The van der Waals surface area contributed by atoms with Gasteiger partial charge in [-0.1, -0.05) is 0 Å². The third-order valence-corrected chi connectivity index (χ3v) is 3.38. The van der Waals surface area contributed by atoms with Crippen molar-refractivity contribution in [1.29, 1.82) is 0 Å². The van der Waals surface area contributed by atoms with Crippen molar-refractivity contribution in [2.75, 3.05) is 11.9 Å². The van der Waals surface area contributed by atoms with Gasteiger partial charge in [-0.2, -0.15) is 0 Å². The molecule has 17 heavy (non-hydrogen) atoms. The highest BCUT2D eigenvalue weighted by Crippen LogP contribution is 2.31. The van der Waals surface area contributed by atoms with E-state index in [1.807, 2.05) is 17.7 Å². The quantitative estimate of drug-likeness (QED) is 0.827. The predicted molar refractivity (Wildman–Crippen MR) is 67.7 cm³/mol. The normalized spacial score (nSPS) is 17.3. The summed E-state index contributed by atoms with van der Waals surface area (Å²) in [6, 6.07) is 2.20. The van der Waals surface area contributed by atoms with E-state index < -0.39 is 0 Å². The number of hydrogen-bond donors (Lipinski definition) is 2. The van der Waals surface area contributed by atoms with E-state index in [-0.39, 0.29) is 6.04 Å². The van der Waals surface area contributed by atoms with Crippen LogP contribution in [0.4, 0.5) is 5.82 Å². The second-order valence-corrected chi connectivity index (χ2v) is 4.76. The maximum atomic E-state index is 6.06. The Kier molecular flexibility index (Phi) is 2.48. The topological polar surface area (TPSA) is 68.8 Å². The van der Waals surface area contributed by atoms with Crippen molar-refractivity contribution in [3.8, 4) is 0 Å². The molecular weight excluding hydrogens is 214 g/mol. The second kappa shape index (κ2) is 4.00. The van der Waals surface area contributed by atoms with Crippen molar-refractivity contribution < 1.29 is 0 Å². The van der Waals surface area contributed by atoms with Gasteiger partial charge < -0.3 is 15.6 Å². The van der Waals surface area contributed by atoms with Gasteiger partial charge in [0.2, 0.25) is 0 Å². The lowest BCUT2D eigenvalue weighted by atomic mass is 10.2. The molecule has 0 radical (unpaired) electrons. The summed E-state index contributed by atoms with van der Waals surface area (Å²) in [6.07, 6.45) is 6.14. The molecule has 1 aliphatic carbocycles. The van der Waals surface area contributed by atoms with Crippen LogP contribution in [0.15, 0.2) is 18.6 Å². The summed E-state index contributed by atoms with van der Waals surface area (Å²) in [7, 11) is 1.98. The van der Waals surface area contributed by atoms with Crippen LogP contribution in [0.1, 0.15) is 12.8 Å². The molecule has 3 rings (SSSR count). The van der Waals surface area contributed by atoms with Crippen molar-refractivity contribution in [3.05, 3.63) is 18.6 Å². The zero-order valence-corrected chi connectivity index (χ0v) is 9.93. The highest BCUT2D eigenvalue weighted by atomic mass is 15.1. The molecule has 0 amide bonds. The van der Waals surface area contributed by atoms with Crippen LogP contribution < -0.4 is 11.1 Å². The number of rotatable bonds is 4. The second-order valence-electron chi connectivity index (χ2n) is 4.76. The summed E-state index contributed by atoms with van der Waals surface area (Å²) in [5.41, 5.74) is 8.06. The molecule has 1 fully saturated rings. The Morgan fingerprint density at radius 2 is 2.35 bits per heavy atom. The molecule has 5 heteroatoms. The first kappa shape index (κ1) is 10.5. The molecule has 1 atom stereocenters. The van der Waals surface area contributed by atoms with Gasteiger partial charge in [0.25, 0.3) is 0 Å². The number of aryl methyl sites for hydroxylation is 1. The van der Waals surface area contributed by atoms with Crippen LogP contribution in [-0.2, 0) is 7.05 Å². The van der Waals surface area contributed by atoms with Crippen LogP contribution in [0.5, 0.6) is 0 Å². The summed E-state index contributed by atoms with van der Waals surface area (Å²) in [5, 5.41) is 3.31. The number of fused-ring (bicyclic) bond motifs is 1. The van der Waals surface area contributed by atoms with Crippen LogP contribution in [0, 0.1) is 5.92 Å². The smallest absolute Gasteiger partial charge is 0.154 e. The van der Waals surface area contributed by atoms with Gasteiger partial charge in [0, 0.05) is 25.8 Å². The lowest BCUT2D eigenvalue weighted by molar-refractivity contribution is 0.620. The summed E-state index contributed by atoms with van der Waals surface area (Å²) < 4.78 is 1.99. The van der Waals surface area contributed by atoms with Gasteiger partial charge in [-0.05, 0) is 24.8 Å². The van der Waals surface area contributed by atoms with E-state index in [0.29, 0.717) is 5.92 Å². The third-order valence-electron chi connectivity index (χ3n) is 3.38. The van der Waals surface area contributed by atoms with E-state index in [2.05, 4.69) is 15.3 Å². The third kappa shape index (κ3) is 1.98. The number of aromatic nitrogens is 3. The van der Waals surface area contributed by atoms with E-state index in [0.717, 1.165) is 23.4 Å². The molecule has 90 valence electrons. The van der Waals surface area contributed by atoms with Gasteiger partial charge in [0.15, 0.2) is 5.82 Å². The van der Waals surface area contributed by atoms with Crippen molar-refractivity contribution >= 4 is 16.9 Å². The minimum absolute atomic E-state index is 0.232. The Bertz CT molecular complexity index is 529. The number of pyridine rings is 1. The van der Waals surface area contributed by atoms with Crippen LogP contribution in [0.25, 0.3) is 11.0 Å². The molecule has 5 nitrogen and oxygen atoms in total. The van der Waals surface area contributed by atoms with Gasteiger partial charge >= 0.3 is 0 Å². The van der Waals surface area contributed by atoms with Crippen molar-refractivity contribution in [1.82, 2.24) is 14.5 Å². The highest BCUT2D eigenvalue weighted by molar-refractivity contribution is 5.85. The Hall–Kier alpha value is -1.62.